The standard InChI is InChI=1S/C8H13ClO3/c1-6(9)8(10)12-7-4-2-3-5-11-7/h6-7H,2-5H2,1H3. The van der Waals surface area contributed by atoms with Crippen molar-refractivity contribution in [2.75, 3.05) is 6.61 Å². The lowest BCUT2D eigenvalue weighted by atomic mass is 10.2. The number of esters is 1. The maximum atomic E-state index is 11.0. The molecule has 1 rings (SSSR count). The molecule has 0 saturated carbocycles. The van der Waals surface area contributed by atoms with Gasteiger partial charge in [0.1, 0.15) is 5.38 Å². The summed E-state index contributed by atoms with van der Waals surface area (Å²) in [6, 6.07) is 0. The molecule has 0 radical (unpaired) electrons. The molecule has 1 heterocycles. The minimum Gasteiger partial charge on any atom is -0.435 e. The Morgan fingerprint density at radius 2 is 2.42 bits per heavy atom. The van der Waals surface area contributed by atoms with Crippen molar-refractivity contribution in [3.05, 3.63) is 0 Å². The number of carbonyl (C=O) groups excluding carboxylic acids is 1. The summed E-state index contributed by atoms with van der Waals surface area (Å²) in [5.41, 5.74) is 0. The molecule has 1 aliphatic rings. The van der Waals surface area contributed by atoms with Gasteiger partial charge in [-0.3, -0.25) is 4.79 Å². The third kappa shape index (κ3) is 2.99. The molecule has 4 heteroatoms. The lowest BCUT2D eigenvalue weighted by Gasteiger charge is -2.22. The number of rotatable bonds is 2. The molecule has 12 heavy (non-hydrogen) atoms. The molecule has 1 fully saturated rings. The number of ether oxygens (including phenoxy) is 2. The first-order valence-electron chi connectivity index (χ1n) is 4.16. The van der Waals surface area contributed by atoms with E-state index in [1.165, 1.54) is 0 Å². The second kappa shape index (κ2) is 4.67. The molecule has 0 aromatic carbocycles. The first kappa shape index (κ1) is 9.81. The van der Waals surface area contributed by atoms with Crippen molar-refractivity contribution in [3.8, 4) is 0 Å². The van der Waals surface area contributed by atoms with Crippen molar-refractivity contribution in [1.82, 2.24) is 0 Å². The second-order valence-corrected chi connectivity index (χ2v) is 3.50. The van der Waals surface area contributed by atoms with Crippen LogP contribution >= 0.6 is 11.6 Å². The highest BCUT2D eigenvalue weighted by atomic mass is 35.5. The van der Waals surface area contributed by atoms with Gasteiger partial charge in [0.15, 0.2) is 0 Å². The van der Waals surface area contributed by atoms with E-state index in [1.54, 1.807) is 6.92 Å². The Bertz CT molecular complexity index is 152. The summed E-state index contributed by atoms with van der Waals surface area (Å²) in [5.74, 6) is -0.399. The number of halogens is 1. The SMILES string of the molecule is CC(Cl)C(=O)OC1CCCCO1. The average molecular weight is 193 g/mol. The summed E-state index contributed by atoms with van der Waals surface area (Å²) in [6.45, 7) is 2.27. The Kier molecular flexibility index (Phi) is 3.82. The van der Waals surface area contributed by atoms with Crippen LogP contribution in [0.3, 0.4) is 0 Å². The van der Waals surface area contributed by atoms with Gasteiger partial charge in [-0.2, -0.15) is 0 Å². The Balaban J connectivity index is 2.24. The minimum atomic E-state index is -0.587. The highest BCUT2D eigenvalue weighted by molar-refractivity contribution is 6.29. The maximum Gasteiger partial charge on any atom is 0.326 e. The largest absolute Gasteiger partial charge is 0.435 e. The van der Waals surface area contributed by atoms with E-state index in [4.69, 9.17) is 21.1 Å². The van der Waals surface area contributed by atoms with Gasteiger partial charge in [-0.15, -0.1) is 11.6 Å². The molecule has 0 aliphatic carbocycles. The number of hydrogen-bond acceptors (Lipinski definition) is 3. The molecule has 1 aliphatic heterocycles. The highest BCUT2D eigenvalue weighted by Gasteiger charge is 2.20. The van der Waals surface area contributed by atoms with Gasteiger partial charge < -0.3 is 9.47 Å². The van der Waals surface area contributed by atoms with Crippen molar-refractivity contribution >= 4 is 17.6 Å². The number of carbonyl (C=O) groups is 1. The van der Waals surface area contributed by atoms with E-state index in [-0.39, 0.29) is 6.29 Å². The molecule has 0 bridgehead atoms. The first-order valence-corrected chi connectivity index (χ1v) is 4.60. The molecular weight excluding hydrogens is 180 g/mol. The van der Waals surface area contributed by atoms with Crippen LogP contribution in [0.4, 0.5) is 0 Å². The summed E-state index contributed by atoms with van der Waals surface area (Å²) in [6.07, 6.45) is 2.52. The second-order valence-electron chi connectivity index (χ2n) is 2.85. The van der Waals surface area contributed by atoms with E-state index in [0.29, 0.717) is 6.61 Å². The lowest BCUT2D eigenvalue weighted by Crippen LogP contribution is -2.28. The molecule has 1 saturated heterocycles. The van der Waals surface area contributed by atoms with Crippen molar-refractivity contribution < 1.29 is 14.3 Å². The van der Waals surface area contributed by atoms with Crippen LogP contribution in [0.25, 0.3) is 0 Å². The monoisotopic (exact) mass is 192 g/mol. The summed E-state index contributed by atoms with van der Waals surface area (Å²) in [7, 11) is 0. The molecule has 70 valence electrons. The zero-order valence-electron chi connectivity index (χ0n) is 7.09. The molecular formula is C8H13ClO3. The molecule has 0 spiro atoms. The van der Waals surface area contributed by atoms with Gasteiger partial charge in [0, 0.05) is 6.42 Å². The van der Waals surface area contributed by atoms with E-state index in [0.717, 1.165) is 19.3 Å². The third-order valence-electron chi connectivity index (χ3n) is 1.71. The van der Waals surface area contributed by atoms with Crippen LogP contribution in [0.15, 0.2) is 0 Å². The maximum absolute atomic E-state index is 11.0. The number of alkyl halides is 1. The Labute approximate surface area is 77.0 Å². The van der Waals surface area contributed by atoms with Crippen LogP contribution in [0.2, 0.25) is 0 Å². The van der Waals surface area contributed by atoms with Gasteiger partial charge in [-0.25, -0.2) is 0 Å². The lowest BCUT2D eigenvalue weighted by molar-refractivity contribution is -0.185. The molecule has 3 nitrogen and oxygen atoms in total. The summed E-state index contributed by atoms with van der Waals surface area (Å²) in [5, 5.41) is -0.587. The Morgan fingerprint density at radius 1 is 1.67 bits per heavy atom. The van der Waals surface area contributed by atoms with Crippen molar-refractivity contribution in [2.24, 2.45) is 0 Å². The zero-order valence-corrected chi connectivity index (χ0v) is 7.84. The quantitative estimate of drug-likeness (QED) is 0.493. The van der Waals surface area contributed by atoms with Gasteiger partial charge in [-0.05, 0) is 19.8 Å². The summed E-state index contributed by atoms with van der Waals surface area (Å²) >= 11 is 5.52. The topological polar surface area (TPSA) is 35.5 Å². The van der Waals surface area contributed by atoms with Crippen LogP contribution in [-0.2, 0) is 14.3 Å². The molecule has 0 aromatic rings. The summed E-state index contributed by atoms with van der Waals surface area (Å²) < 4.78 is 10.2. The van der Waals surface area contributed by atoms with E-state index in [9.17, 15) is 4.79 Å². The van der Waals surface area contributed by atoms with Crippen LogP contribution in [0.1, 0.15) is 26.2 Å². The van der Waals surface area contributed by atoms with Crippen LogP contribution in [0, 0.1) is 0 Å². The van der Waals surface area contributed by atoms with E-state index in [1.807, 2.05) is 0 Å². The first-order chi connectivity index (χ1) is 5.70. The zero-order chi connectivity index (χ0) is 8.97. The van der Waals surface area contributed by atoms with Crippen molar-refractivity contribution in [3.63, 3.8) is 0 Å². The Morgan fingerprint density at radius 3 is 2.92 bits per heavy atom. The smallest absolute Gasteiger partial charge is 0.326 e. The highest BCUT2D eigenvalue weighted by Crippen LogP contribution is 2.14. The normalized spacial score (nSPS) is 26.3. The van der Waals surface area contributed by atoms with Gasteiger partial charge in [0.2, 0.25) is 6.29 Å². The van der Waals surface area contributed by atoms with Crippen LogP contribution in [0.5, 0.6) is 0 Å². The van der Waals surface area contributed by atoms with Crippen molar-refractivity contribution in [1.29, 1.82) is 0 Å². The molecule has 0 N–H and O–H groups in total. The predicted octanol–water partition coefficient (Wildman–Crippen LogP) is 1.68. The Hall–Kier alpha value is -0.280. The molecule has 2 atom stereocenters. The van der Waals surface area contributed by atoms with Gasteiger partial charge in [0.05, 0.1) is 6.61 Å². The van der Waals surface area contributed by atoms with E-state index < -0.39 is 11.3 Å². The minimum absolute atomic E-state index is 0.368. The van der Waals surface area contributed by atoms with Gasteiger partial charge >= 0.3 is 5.97 Å². The fraction of sp³-hybridized carbons (Fsp3) is 0.875. The molecule has 0 amide bonds. The van der Waals surface area contributed by atoms with Gasteiger partial charge in [-0.1, -0.05) is 0 Å². The third-order valence-corrected chi connectivity index (χ3v) is 1.89. The fourth-order valence-electron chi connectivity index (χ4n) is 1.03. The number of hydrogen-bond donors (Lipinski definition) is 0. The van der Waals surface area contributed by atoms with E-state index in [2.05, 4.69) is 0 Å². The predicted molar refractivity (Wildman–Crippen MR) is 45.0 cm³/mol. The summed E-state index contributed by atoms with van der Waals surface area (Å²) in [4.78, 5) is 11.0. The van der Waals surface area contributed by atoms with E-state index >= 15 is 0 Å². The molecule has 0 aromatic heterocycles. The van der Waals surface area contributed by atoms with Crippen LogP contribution < -0.4 is 0 Å². The molecule has 2 unspecified atom stereocenters. The van der Waals surface area contributed by atoms with Gasteiger partial charge in [0.25, 0.3) is 0 Å². The van der Waals surface area contributed by atoms with Crippen LogP contribution in [-0.4, -0.2) is 24.2 Å². The van der Waals surface area contributed by atoms with Crippen molar-refractivity contribution in [2.45, 2.75) is 37.9 Å². The fourth-order valence-corrected chi connectivity index (χ4v) is 1.08. The average Bonchev–Trinajstić information content (AvgIpc) is 2.06.